The van der Waals surface area contributed by atoms with Crippen molar-refractivity contribution in [3.63, 3.8) is 0 Å². The van der Waals surface area contributed by atoms with Crippen LogP contribution in [0.3, 0.4) is 0 Å². The molecule has 106 valence electrons. The lowest BCUT2D eigenvalue weighted by Crippen LogP contribution is -2.44. The molecule has 2 nitrogen and oxygen atoms in total. The Kier molecular flexibility index (Phi) is 4.84. The largest absolute Gasteiger partial charge is 0.394 e. The molecule has 0 radical (unpaired) electrons. The number of para-hydroxylation sites is 1. The zero-order chi connectivity index (χ0) is 14.6. The van der Waals surface area contributed by atoms with E-state index in [4.69, 9.17) is 0 Å². The molecular weight excluding hydrogens is 314 g/mol. The summed E-state index contributed by atoms with van der Waals surface area (Å²) < 4.78 is 0.995. The summed E-state index contributed by atoms with van der Waals surface area (Å²) >= 11 is 3.56. The normalized spacial score (nSPS) is 14.1. The van der Waals surface area contributed by atoms with Crippen LogP contribution in [0.5, 0.6) is 0 Å². The second-order valence-electron chi connectivity index (χ2n) is 5.26. The Morgan fingerprint density at radius 3 is 2.20 bits per heavy atom. The molecule has 0 bridgehead atoms. The van der Waals surface area contributed by atoms with E-state index in [0.29, 0.717) is 0 Å². The van der Waals surface area contributed by atoms with Gasteiger partial charge in [0, 0.05) is 10.2 Å². The lowest BCUT2D eigenvalue weighted by Gasteiger charge is -2.38. The van der Waals surface area contributed by atoms with E-state index in [1.165, 1.54) is 0 Å². The lowest BCUT2D eigenvalue weighted by atomic mass is 9.80. The quantitative estimate of drug-likeness (QED) is 0.849. The molecule has 20 heavy (non-hydrogen) atoms. The van der Waals surface area contributed by atoms with Gasteiger partial charge in [-0.05, 0) is 39.5 Å². The molecule has 0 aliphatic carbocycles. The van der Waals surface area contributed by atoms with Gasteiger partial charge >= 0.3 is 0 Å². The highest BCUT2D eigenvalue weighted by Crippen LogP contribution is 2.35. The summed E-state index contributed by atoms with van der Waals surface area (Å²) in [5.74, 6) is 0.238. The lowest BCUT2D eigenvalue weighted by molar-refractivity contribution is 0.172. The summed E-state index contributed by atoms with van der Waals surface area (Å²) in [6.45, 7) is 4.27. The maximum absolute atomic E-state index is 10.1. The fourth-order valence-electron chi connectivity index (χ4n) is 2.40. The first-order valence-corrected chi connectivity index (χ1v) is 7.58. The zero-order valence-corrected chi connectivity index (χ0v) is 13.4. The maximum Gasteiger partial charge on any atom is 0.0880 e. The second-order valence-corrected chi connectivity index (χ2v) is 6.11. The topological polar surface area (TPSA) is 32.3 Å². The molecular formula is C17H20BrNO. The minimum atomic E-state index is -0.495. The van der Waals surface area contributed by atoms with Gasteiger partial charge in [0.1, 0.15) is 0 Å². The van der Waals surface area contributed by atoms with Crippen LogP contribution < -0.4 is 5.32 Å². The Morgan fingerprint density at radius 1 is 1.05 bits per heavy atom. The van der Waals surface area contributed by atoms with Crippen molar-refractivity contribution in [1.82, 2.24) is 0 Å². The number of rotatable bonds is 5. The number of nitrogens with one attached hydrogen (secondary N) is 1. The summed E-state index contributed by atoms with van der Waals surface area (Å²) in [6, 6.07) is 18.1. The Labute approximate surface area is 129 Å². The number of aliphatic hydroxyl groups excluding tert-OH is 1. The van der Waals surface area contributed by atoms with E-state index >= 15 is 0 Å². The predicted molar refractivity (Wildman–Crippen MR) is 87.8 cm³/mol. The van der Waals surface area contributed by atoms with Crippen LogP contribution in [-0.2, 0) is 5.54 Å². The summed E-state index contributed by atoms with van der Waals surface area (Å²) in [6.07, 6.45) is 0. The molecule has 0 saturated heterocycles. The summed E-state index contributed by atoms with van der Waals surface area (Å²) in [5, 5.41) is 13.6. The Hall–Kier alpha value is -1.32. The van der Waals surface area contributed by atoms with Crippen molar-refractivity contribution in [2.24, 2.45) is 5.92 Å². The number of hydrogen-bond acceptors (Lipinski definition) is 2. The van der Waals surface area contributed by atoms with Gasteiger partial charge in [-0.15, -0.1) is 0 Å². The van der Waals surface area contributed by atoms with E-state index in [2.05, 4.69) is 47.2 Å². The molecule has 2 aromatic rings. The van der Waals surface area contributed by atoms with Crippen LogP contribution in [0.4, 0.5) is 5.69 Å². The number of benzene rings is 2. The highest BCUT2D eigenvalue weighted by Gasteiger charge is 2.35. The van der Waals surface area contributed by atoms with Gasteiger partial charge < -0.3 is 10.4 Å². The minimum Gasteiger partial charge on any atom is -0.394 e. The fraction of sp³-hybridized carbons (Fsp3) is 0.294. The average molecular weight is 334 g/mol. The number of anilines is 1. The van der Waals surface area contributed by atoms with Crippen molar-refractivity contribution in [3.05, 3.63) is 64.6 Å². The molecule has 2 aromatic carbocycles. The van der Waals surface area contributed by atoms with Crippen LogP contribution in [0.1, 0.15) is 19.4 Å². The number of halogens is 1. The van der Waals surface area contributed by atoms with Gasteiger partial charge in [0.25, 0.3) is 0 Å². The monoisotopic (exact) mass is 333 g/mol. The second kappa shape index (κ2) is 6.42. The van der Waals surface area contributed by atoms with Gasteiger partial charge in [0.15, 0.2) is 0 Å². The average Bonchev–Trinajstić information content (AvgIpc) is 2.47. The molecule has 0 spiro atoms. The first kappa shape index (κ1) is 15.1. The molecule has 0 saturated carbocycles. The SMILES string of the molecule is CC(C)C(CO)(Nc1ccccc1Br)c1ccccc1. The summed E-state index contributed by atoms with van der Waals surface area (Å²) in [4.78, 5) is 0. The van der Waals surface area contributed by atoms with Gasteiger partial charge in [0.05, 0.1) is 12.1 Å². The van der Waals surface area contributed by atoms with Gasteiger partial charge in [-0.3, -0.25) is 0 Å². The number of aliphatic hydroxyl groups is 1. The van der Waals surface area contributed by atoms with Crippen LogP contribution in [0, 0.1) is 5.92 Å². The third-order valence-electron chi connectivity index (χ3n) is 3.76. The van der Waals surface area contributed by atoms with Gasteiger partial charge in [-0.25, -0.2) is 0 Å². The highest BCUT2D eigenvalue weighted by atomic mass is 79.9. The van der Waals surface area contributed by atoms with Crippen LogP contribution in [0.15, 0.2) is 59.1 Å². The van der Waals surface area contributed by atoms with E-state index in [9.17, 15) is 5.11 Å². The molecule has 0 aliphatic rings. The first-order valence-electron chi connectivity index (χ1n) is 6.79. The fourth-order valence-corrected chi connectivity index (χ4v) is 2.79. The van der Waals surface area contributed by atoms with E-state index in [1.54, 1.807) is 0 Å². The van der Waals surface area contributed by atoms with Gasteiger partial charge in [-0.1, -0.05) is 56.3 Å². The van der Waals surface area contributed by atoms with Crippen molar-refractivity contribution in [1.29, 1.82) is 0 Å². The van der Waals surface area contributed by atoms with Crippen LogP contribution in [-0.4, -0.2) is 11.7 Å². The molecule has 1 unspecified atom stereocenters. The van der Waals surface area contributed by atoms with E-state index in [1.807, 2.05) is 42.5 Å². The van der Waals surface area contributed by atoms with Crippen molar-refractivity contribution >= 4 is 21.6 Å². The van der Waals surface area contributed by atoms with Crippen molar-refractivity contribution in [3.8, 4) is 0 Å². The van der Waals surface area contributed by atoms with Crippen LogP contribution >= 0.6 is 15.9 Å². The zero-order valence-electron chi connectivity index (χ0n) is 11.8. The number of hydrogen-bond donors (Lipinski definition) is 2. The van der Waals surface area contributed by atoms with E-state index < -0.39 is 5.54 Å². The molecule has 0 fully saturated rings. The highest BCUT2D eigenvalue weighted by molar-refractivity contribution is 9.10. The molecule has 0 aromatic heterocycles. The molecule has 1 atom stereocenters. The molecule has 0 amide bonds. The van der Waals surface area contributed by atoms with Gasteiger partial charge in [0.2, 0.25) is 0 Å². The molecule has 2 rings (SSSR count). The summed E-state index contributed by atoms with van der Waals surface area (Å²) in [5.41, 5.74) is 1.58. The minimum absolute atomic E-state index is 0.0377. The van der Waals surface area contributed by atoms with Gasteiger partial charge in [-0.2, -0.15) is 0 Å². The molecule has 0 aliphatic heterocycles. The van der Waals surface area contributed by atoms with E-state index in [-0.39, 0.29) is 12.5 Å². The Bertz CT molecular complexity index is 556. The Morgan fingerprint density at radius 2 is 1.65 bits per heavy atom. The third-order valence-corrected chi connectivity index (χ3v) is 4.45. The smallest absolute Gasteiger partial charge is 0.0880 e. The maximum atomic E-state index is 10.1. The van der Waals surface area contributed by atoms with Crippen molar-refractivity contribution in [2.45, 2.75) is 19.4 Å². The molecule has 3 heteroatoms. The Balaban J connectivity index is 2.46. The van der Waals surface area contributed by atoms with Crippen molar-refractivity contribution < 1.29 is 5.11 Å². The van der Waals surface area contributed by atoms with Crippen LogP contribution in [0.25, 0.3) is 0 Å². The van der Waals surface area contributed by atoms with E-state index in [0.717, 1.165) is 15.7 Å². The predicted octanol–water partition coefficient (Wildman–Crippen LogP) is 4.40. The first-order chi connectivity index (χ1) is 9.60. The molecule has 2 N–H and O–H groups in total. The molecule has 0 heterocycles. The summed E-state index contributed by atoms with van der Waals surface area (Å²) in [7, 11) is 0. The van der Waals surface area contributed by atoms with Crippen molar-refractivity contribution in [2.75, 3.05) is 11.9 Å². The standard InChI is InChI=1S/C17H20BrNO/c1-13(2)17(12-20,14-8-4-3-5-9-14)19-16-11-7-6-10-15(16)18/h3-11,13,19-20H,12H2,1-2H3. The third kappa shape index (κ3) is 2.89. The van der Waals surface area contributed by atoms with Crippen LogP contribution in [0.2, 0.25) is 0 Å².